The van der Waals surface area contributed by atoms with Gasteiger partial charge in [0, 0.05) is 24.2 Å². The van der Waals surface area contributed by atoms with Crippen LogP contribution in [-0.2, 0) is 6.54 Å². The minimum atomic E-state index is -0.244. The van der Waals surface area contributed by atoms with Crippen LogP contribution in [0.1, 0.15) is 18.9 Å². The van der Waals surface area contributed by atoms with Crippen LogP contribution in [0, 0.1) is 5.82 Å². The van der Waals surface area contributed by atoms with Gasteiger partial charge in [-0.3, -0.25) is 0 Å². The lowest BCUT2D eigenvalue weighted by atomic mass is 10.1. The predicted octanol–water partition coefficient (Wildman–Crippen LogP) is 1.66. The lowest BCUT2D eigenvalue weighted by Crippen LogP contribution is -2.28. The molecule has 1 aromatic carbocycles. The van der Waals surface area contributed by atoms with Crippen LogP contribution in [0.15, 0.2) is 18.2 Å². The first-order valence-corrected chi connectivity index (χ1v) is 5.43. The number of rotatable bonds is 6. The molecule has 3 nitrogen and oxygen atoms in total. The number of halogens is 1. The smallest absolute Gasteiger partial charge is 0.131 e. The molecule has 1 aromatic rings. The fourth-order valence-electron chi connectivity index (χ4n) is 1.43. The minimum Gasteiger partial charge on any atom is -0.497 e. The lowest BCUT2D eigenvalue weighted by molar-refractivity contribution is 0.410. The molecule has 0 aliphatic rings. The molecule has 4 heteroatoms. The molecule has 0 bridgehead atoms. The van der Waals surface area contributed by atoms with Gasteiger partial charge < -0.3 is 15.8 Å². The number of nitrogens with two attached hydrogens (primary N) is 1. The second kappa shape index (κ2) is 6.45. The summed E-state index contributed by atoms with van der Waals surface area (Å²) in [5.41, 5.74) is 6.08. The van der Waals surface area contributed by atoms with E-state index in [9.17, 15) is 4.39 Å². The highest BCUT2D eigenvalue weighted by molar-refractivity contribution is 5.28. The third-order valence-electron chi connectivity index (χ3n) is 2.50. The molecule has 0 amide bonds. The van der Waals surface area contributed by atoms with Gasteiger partial charge in [0.2, 0.25) is 0 Å². The molecule has 1 rings (SSSR count). The number of ether oxygens (including phenoxy) is 1. The van der Waals surface area contributed by atoms with Gasteiger partial charge in [-0.2, -0.15) is 0 Å². The monoisotopic (exact) mass is 226 g/mol. The van der Waals surface area contributed by atoms with Crippen molar-refractivity contribution in [1.82, 2.24) is 5.32 Å². The number of nitrogens with one attached hydrogen (secondary N) is 1. The molecular weight excluding hydrogens is 207 g/mol. The van der Waals surface area contributed by atoms with Crippen molar-refractivity contribution in [3.05, 3.63) is 29.6 Å². The summed E-state index contributed by atoms with van der Waals surface area (Å²) in [5, 5.41) is 3.22. The summed E-state index contributed by atoms with van der Waals surface area (Å²) in [4.78, 5) is 0. The molecule has 0 aliphatic carbocycles. The average molecular weight is 226 g/mol. The van der Waals surface area contributed by atoms with E-state index in [1.54, 1.807) is 12.1 Å². The molecule has 0 spiro atoms. The zero-order chi connectivity index (χ0) is 12.0. The van der Waals surface area contributed by atoms with Crippen molar-refractivity contribution in [3.8, 4) is 5.75 Å². The first-order valence-electron chi connectivity index (χ1n) is 5.43. The maximum atomic E-state index is 13.5. The highest BCUT2D eigenvalue weighted by Gasteiger charge is 2.05. The molecule has 1 atom stereocenters. The highest BCUT2D eigenvalue weighted by Crippen LogP contribution is 2.16. The van der Waals surface area contributed by atoms with E-state index in [4.69, 9.17) is 10.5 Å². The zero-order valence-corrected chi connectivity index (χ0v) is 9.79. The van der Waals surface area contributed by atoms with Crippen LogP contribution in [0.5, 0.6) is 5.75 Å². The van der Waals surface area contributed by atoms with E-state index in [1.807, 2.05) is 6.92 Å². The van der Waals surface area contributed by atoms with Crippen LogP contribution >= 0.6 is 0 Å². The van der Waals surface area contributed by atoms with Gasteiger partial charge in [-0.25, -0.2) is 4.39 Å². The molecule has 0 saturated carbocycles. The van der Waals surface area contributed by atoms with Crippen molar-refractivity contribution >= 4 is 0 Å². The SMILES string of the molecule is COc1ccc(CNC(C)CCN)c(F)c1. The van der Waals surface area contributed by atoms with E-state index in [-0.39, 0.29) is 5.82 Å². The standard InChI is InChI=1S/C12H19FN2O/c1-9(5-6-14)15-8-10-3-4-11(16-2)7-12(10)13/h3-4,7,9,15H,5-6,8,14H2,1-2H3. The normalized spacial score (nSPS) is 12.5. The Morgan fingerprint density at radius 2 is 2.25 bits per heavy atom. The Hall–Kier alpha value is -1.13. The minimum absolute atomic E-state index is 0.244. The second-order valence-electron chi connectivity index (χ2n) is 3.82. The Kier molecular flexibility index (Phi) is 5.22. The van der Waals surface area contributed by atoms with Crippen molar-refractivity contribution in [2.45, 2.75) is 25.9 Å². The van der Waals surface area contributed by atoms with Crippen LogP contribution in [0.2, 0.25) is 0 Å². The predicted molar refractivity (Wildman–Crippen MR) is 62.9 cm³/mol. The first-order chi connectivity index (χ1) is 7.67. The van der Waals surface area contributed by atoms with Crippen molar-refractivity contribution in [2.24, 2.45) is 5.73 Å². The van der Waals surface area contributed by atoms with E-state index < -0.39 is 0 Å². The van der Waals surface area contributed by atoms with E-state index in [2.05, 4.69) is 5.32 Å². The van der Waals surface area contributed by atoms with Gasteiger partial charge in [0.1, 0.15) is 11.6 Å². The summed E-state index contributed by atoms with van der Waals surface area (Å²) in [5.74, 6) is 0.294. The Balaban J connectivity index is 2.54. The number of hydrogen-bond donors (Lipinski definition) is 2. The van der Waals surface area contributed by atoms with Crippen LogP contribution < -0.4 is 15.8 Å². The summed E-state index contributed by atoms with van der Waals surface area (Å²) < 4.78 is 18.5. The maximum Gasteiger partial charge on any atom is 0.131 e. The molecule has 0 saturated heterocycles. The van der Waals surface area contributed by atoms with E-state index >= 15 is 0 Å². The Bertz CT molecular complexity index is 331. The summed E-state index contributed by atoms with van der Waals surface area (Å²) in [6.07, 6.45) is 0.887. The Morgan fingerprint density at radius 1 is 1.50 bits per heavy atom. The molecular formula is C12H19FN2O. The molecule has 90 valence electrons. The molecule has 16 heavy (non-hydrogen) atoms. The van der Waals surface area contributed by atoms with Crippen molar-refractivity contribution < 1.29 is 9.13 Å². The Labute approximate surface area is 95.8 Å². The van der Waals surface area contributed by atoms with Gasteiger partial charge in [-0.1, -0.05) is 6.07 Å². The highest BCUT2D eigenvalue weighted by atomic mass is 19.1. The molecule has 1 unspecified atom stereocenters. The molecule has 0 fully saturated rings. The molecule has 0 heterocycles. The van der Waals surface area contributed by atoms with Crippen LogP contribution in [0.3, 0.4) is 0 Å². The van der Waals surface area contributed by atoms with E-state index in [1.165, 1.54) is 13.2 Å². The third kappa shape index (κ3) is 3.79. The summed E-state index contributed by atoms with van der Waals surface area (Å²) in [7, 11) is 1.52. The number of methoxy groups -OCH3 is 1. The van der Waals surface area contributed by atoms with Crippen molar-refractivity contribution in [2.75, 3.05) is 13.7 Å². The molecule has 0 aliphatic heterocycles. The van der Waals surface area contributed by atoms with Gasteiger partial charge >= 0.3 is 0 Å². The van der Waals surface area contributed by atoms with E-state index in [0.29, 0.717) is 30.4 Å². The fourth-order valence-corrected chi connectivity index (χ4v) is 1.43. The first kappa shape index (κ1) is 12.9. The van der Waals surface area contributed by atoms with Crippen LogP contribution in [0.25, 0.3) is 0 Å². The summed E-state index contributed by atoms with van der Waals surface area (Å²) in [6.45, 7) is 3.19. The zero-order valence-electron chi connectivity index (χ0n) is 9.79. The average Bonchev–Trinajstić information content (AvgIpc) is 2.27. The largest absolute Gasteiger partial charge is 0.497 e. The topological polar surface area (TPSA) is 47.3 Å². The van der Waals surface area contributed by atoms with Crippen LogP contribution in [0.4, 0.5) is 4.39 Å². The Morgan fingerprint density at radius 3 is 2.81 bits per heavy atom. The van der Waals surface area contributed by atoms with Gasteiger partial charge in [0.25, 0.3) is 0 Å². The summed E-state index contributed by atoms with van der Waals surface area (Å²) in [6, 6.07) is 5.18. The molecule has 3 N–H and O–H groups in total. The quantitative estimate of drug-likeness (QED) is 0.775. The van der Waals surface area contributed by atoms with Crippen LogP contribution in [-0.4, -0.2) is 19.7 Å². The fraction of sp³-hybridized carbons (Fsp3) is 0.500. The van der Waals surface area contributed by atoms with Gasteiger partial charge in [-0.15, -0.1) is 0 Å². The second-order valence-corrected chi connectivity index (χ2v) is 3.82. The van der Waals surface area contributed by atoms with Gasteiger partial charge in [0.05, 0.1) is 7.11 Å². The van der Waals surface area contributed by atoms with Crippen molar-refractivity contribution in [1.29, 1.82) is 0 Å². The van der Waals surface area contributed by atoms with Gasteiger partial charge in [0.15, 0.2) is 0 Å². The van der Waals surface area contributed by atoms with Gasteiger partial charge in [-0.05, 0) is 26.0 Å². The maximum absolute atomic E-state index is 13.5. The number of benzene rings is 1. The number of hydrogen-bond acceptors (Lipinski definition) is 3. The lowest BCUT2D eigenvalue weighted by Gasteiger charge is -2.13. The molecule has 0 aromatic heterocycles. The summed E-state index contributed by atoms with van der Waals surface area (Å²) >= 11 is 0. The molecule has 0 radical (unpaired) electrons. The third-order valence-corrected chi connectivity index (χ3v) is 2.50. The van der Waals surface area contributed by atoms with E-state index in [0.717, 1.165) is 6.42 Å². The van der Waals surface area contributed by atoms with Crippen molar-refractivity contribution in [3.63, 3.8) is 0 Å².